The zero-order chi connectivity index (χ0) is 19.6. The fourth-order valence-corrected chi connectivity index (χ4v) is 4.23. The van der Waals surface area contributed by atoms with Crippen LogP contribution >= 0.6 is 34.5 Å². The van der Waals surface area contributed by atoms with Crippen molar-refractivity contribution in [3.8, 4) is 17.0 Å². The van der Waals surface area contributed by atoms with E-state index in [4.69, 9.17) is 27.9 Å². The summed E-state index contributed by atoms with van der Waals surface area (Å²) in [6.45, 7) is 4.68. The van der Waals surface area contributed by atoms with Crippen LogP contribution in [0.4, 0.5) is 0 Å². The van der Waals surface area contributed by atoms with Gasteiger partial charge in [-0.2, -0.15) is 4.99 Å². The number of thiazole rings is 1. The van der Waals surface area contributed by atoms with E-state index in [0.717, 1.165) is 16.1 Å². The molecule has 0 saturated heterocycles. The molecule has 3 rings (SSSR count). The van der Waals surface area contributed by atoms with Gasteiger partial charge in [-0.3, -0.25) is 4.79 Å². The van der Waals surface area contributed by atoms with E-state index in [-0.39, 0.29) is 5.91 Å². The van der Waals surface area contributed by atoms with Gasteiger partial charge in [-0.05, 0) is 38.1 Å². The second-order valence-corrected chi connectivity index (χ2v) is 7.78. The van der Waals surface area contributed by atoms with Crippen molar-refractivity contribution in [1.29, 1.82) is 0 Å². The Balaban J connectivity index is 2.13. The molecule has 0 bridgehead atoms. The molecule has 0 spiro atoms. The third-order valence-electron chi connectivity index (χ3n) is 4.12. The second kappa shape index (κ2) is 8.30. The zero-order valence-corrected chi connectivity index (χ0v) is 17.5. The van der Waals surface area contributed by atoms with Gasteiger partial charge in [0.25, 0.3) is 5.91 Å². The average molecular weight is 421 g/mol. The van der Waals surface area contributed by atoms with Crippen molar-refractivity contribution >= 4 is 40.4 Å². The lowest BCUT2D eigenvalue weighted by Gasteiger charge is -2.09. The first-order chi connectivity index (χ1) is 13.0. The third kappa shape index (κ3) is 3.95. The molecule has 0 aliphatic heterocycles. The number of para-hydroxylation sites is 1. The number of hydrogen-bond acceptors (Lipinski definition) is 3. The molecule has 0 saturated carbocycles. The summed E-state index contributed by atoms with van der Waals surface area (Å²) >= 11 is 13.7. The SMILES string of the molecule is CCn1c(-c2ccc(Cl)c(Cl)c2)c(C)sc1=NC(=O)c1ccccc1OC. The minimum absolute atomic E-state index is 0.336. The fourth-order valence-electron chi connectivity index (χ4n) is 2.87. The number of methoxy groups -OCH3 is 1. The lowest BCUT2D eigenvalue weighted by molar-refractivity contribution is 0.0995. The lowest BCUT2D eigenvalue weighted by atomic mass is 10.1. The summed E-state index contributed by atoms with van der Waals surface area (Å²) in [6, 6.07) is 12.6. The summed E-state index contributed by atoms with van der Waals surface area (Å²) in [5, 5.41) is 0.999. The normalized spacial score (nSPS) is 11.7. The Morgan fingerprint density at radius 2 is 1.93 bits per heavy atom. The molecular weight excluding hydrogens is 403 g/mol. The molecule has 1 aromatic heterocycles. The largest absolute Gasteiger partial charge is 0.496 e. The van der Waals surface area contributed by atoms with Crippen LogP contribution in [0.1, 0.15) is 22.2 Å². The van der Waals surface area contributed by atoms with Crippen molar-refractivity contribution in [1.82, 2.24) is 4.57 Å². The minimum Gasteiger partial charge on any atom is -0.496 e. The maximum atomic E-state index is 12.7. The number of ether oxygens (including phenoxy) is 1. The van der Waals surface area contributed by atoms with Gasteiger partial charge in [0.15, 0.2) is 4.80 Å². The Morgan fingerprint density at radius 1 is 1.19 bits per heavy atom. The van der Waals surface area contributed by atoms with Crippen LogP contribution in [0.3, 0.4) is 0 Å². The van der Waals surface area contributed by atoms with Crippen molar-refractivity contribution in [3.05, 3.63) is 67.8 Å². The maximum absolute atomic E-state index is 12.7. The van der Waals surface area contributed by atoms with E-state index >= 15 is 0 Å². The van der Waals surface area contributed by atoms with Crippen LogP contribution in [-0.4, -0.2) is 17.6 Å². The predicted octanol–water partition coefficient (Wildman–Crippen LogP) is 5.60. The van der Waals surface area contributed by atoms with Crippen LogP contribution in [0.25, 0.3) is 11.3 Å². The van der Waals surface area contributed by atoms with Gasteiger partial charge >= 0.3 is 0 Å². The maximum Gasteiger partial charge on any atom is 0.283 e. The van der Waals surface area contributed by atoms with Crippen molar-refractivity contribution < 1.29 is 9.53 Å². The van der Waals surface area contributed by atoms with E-state index in [1.807, 2.05) is 36.6 Å². The number of halogens is 2. The quantitative estimate of drug-likeness (QED) is 0.550. The highest BCUT2D eigenvalue weighted by atomic mass is 35.5. The summed E-state index contributed by atoms with van der Waals surface area (Å²) in [7, 11) is 1.54. The molecule has 0 N–H and O–H groups in total. The van der Waals surface area contributed by atoms with Crippen LogP contribution in [0, 0.1) is 6.92 Å². The van der Waals surface area contributed by atoms with Gasteiger partial charge in [-0.15, -0.1) is 11.3 Å². The molecule has 0 fully saturated rings. The van der Waals surface area contributed by atoms with Crippen molar-refractivity contribution in [2.45, 2.75) is 20.4 Å². The van der Waals surface area contributed by atoms with Gasteiger partial charge in [0.1, 0.15) is 5.75 Å². The molecule has 1 amide bonds. The summed E-state index contributed by atoms with van der Waals surface area (Å²) in [5.41, 5.74) is 2.35. The fraction of sp³-hybridized carbons (Fsp3) is 0.200. The van der Waals surface area contributed by atoms with E-state index in [2.05, 4.69) is 4.99 Å². The molecule has 0 aliphatic carbocycles. The third-order valence-corrected chi connectivity index (χ3v) is 5.86. The molecule has 1 heterocycles. The Morgan fingerprint density at radius 3 is 2.59 bits per heavy atom. The van der Waals surface area contributed by atoms with Crippen LogP contribution in [0.2, 0.25) is 10.0 Å². The monoisotopic (exact) mass is 420 g/mol. The molecule has 0 aliphatic rings. The lowest BCUT2D eigenvalue weighted by Crippen LogP contribution is -2.17. The van der Waals surface area contributed by atoms with Gasteiger partial charge in [0, 0.05) is 17.0 Å². The number of aryl methyl sites for hydroxylation is 1. The topological polar surface area (TPSA) is 43.6 Å². The van der Waals surface area contributed by atoms with Gasteiger partial charge in [0.2, 0.25) is 0 Å². The van der Waals surface area contributed by atoms with Crippen molar-refractivity contribution in [2.24, 2.45) is 4.99 Å². The van der Waals surface area contributed by atoms with Crippen molar-refractivity contribution in [2.75, 3.05) is 7.11 Å². The number of benzene rings is 2. The van der Waals surface area contributed by atoms with Gasteiger partial charge < -0.3 is 9.30 Å². The van der Waals surface area contributed by atoms with Gasteiger partial charge in [-0.1, -0.05) is 41.4 Å². The number of aromatic nitrogens is 1. The van der Waals surface area contributed by atoms with Crippen LogP contribution < -0.4 is 9.54 Å². The van der Waals surface area contributed by atoms with Crippen molar-refractivity contribution in [3.63, 3.8) is 0 Å². The molecule has 27 heavy (non-hydrogen) atoms. The first-order valence-corrected chi connectivity index (χ1v) is 9.91. The Bertz CT molecular complexity index is 1070. The molecule has 140 valence electrons. The van der Waals surface area contributed by atoms with E-state index in [1.54, 1.807) is 24.3 Å². The zero-order valence-electron chi connectivity index (χ0n) is 15.1. The highest BCUT2D eigenvalue weighted by molar-refractivity contribution is 7.09. The van der Waals surface area contributed by atoms with E-state index < -0.39 is 0 Å². The minimum atomic E-state index is -0.336. The predicted molar refractivity (Wildman–Crippen MR) is 111 cm³/mol. The first kappa shape index (κ1) is 19.7. The first-order valence-electron chi connectivity index (χ1n) is 8.34. The van der Waals surface area contributed by atoms with Gasteiger partial charge in [0.05, 0.1) is 28.4 Å². The Hall–Kier alpha value is -2.08. The molecule has 4 nitrogen and oxygen atoms in total. The molecule has 3 aromatic rings. The number of amides is 1. The number of carbonyl (C=O) groups excluding carboxylic acids is 1. The highest BCUT2D eigenvalue weighted by Gasteiger charge is 2.15. The number of rotatable bonds is 4. The number of carbonyl (C=O) groups is 1. The van der Waals surface area contributed by atoms with Crippen LogP contribution in [0.5, 0.6) is 5.75 Å². The molecule has 0 radical (unpaired) electrons. The highest BCUT2D eigenvalue weighted by Crippen LogP contribution is 2.31. The molecule has 0 atom stereocenters. The second-order valence-electron chi connectivity index (χ2n) is 5.78. The molecule has 2 aromatic carbocycles. The summed E-state index contributed by atoms with van der Waals surface area (Å²) < 4.78 is 7.28. The summed E-state index contributed by atoms with van der Waals surface area (Å²) in [5.74, 6) is 0.170. The molecule has 0 unspecified atom stereocenters. The Labute approximate surface area is 171 Å². The van der Waals surface area contributed by atoms with Crippen LogP contribution in [0.15, 0.2) is 47.5 Å². The standard InChI is InChI=1S/C20H18Cl2N2O2S/c1-4-24-18(13-9-10-15(21)16(22)11-13)12(2)27-20(24)23-19(25)14-7-5-6-8-17(14)26-3/h5-11H,4H2,1-3H3. The number of hydrogen-bond donors (Lipinski definition) is 0. The van der Waals surface area contributed by atoms with E-state index in [9.17, 15) is 4.79 Å². The number of nitrogens with zero attached hydrogens (tertiary/aromatic N) is 2. The van der Waals surface area contributed by atoms with Crippen LogP contribution in [-0.2, 0) is 6.54 Å². The van der Waals surface area contributed by atoms with Gasteiger partial charge in [-0.25, -0.2) is 0 Å². The summed E-state index contributed by atoms with van der Waals surface area (Å²) in [4.78, 5) is 18.8. The summed E-state index contributed by atoms with van der Waals surface area (Å²) in [6.07, 6.45) is 0. The Kier molecular flexibility index (Phi) is 6.05. The molecular formula is C20H18Cl2N2O2S. The average Bonchev–Trinajstić information content (AvgIpc) is 2.98. The molecule has 7 heteroatoms. The smallest absolute Gasteiger partial charge is 0.283 e. The van der Waals surface area contributed by atoms with E-state index in [0.29, 0.717) is 32.7 Å². The van der Waals surface area contributed by atoms with E-state index in [1.165, 1.54) is 18.4 Å².